The minimum Gasteiger partial charge on any atom is -0.497 e. The Labute approximate surface area is 134 Å². The van der Waals surface area contributed by atoms with Crippen molar-refractivity contribution in [1.82, 2.24) is 15.0 Å². The number of methoxy groups -OCH3 is 1. The topological polar surface area (TPSA) is 57.0 Å². The molecule has 0 aliphatic heterocycles. The lowest BCUT2D eigenvalue weighted by Gasteiger charge is -2.08. The van der Waals surface area contributed by atoms with Crippen LogP contribution in [-0.2, 0) is 6.54 Å². The molecule has 116 valence electrons. The van der Waals surface area contributed by atoms with Gasteiger partial charge in [-0.15, -0.1) is 5.10 Å². The van der Waals surface area contributed by atoms with Crippen molar-refractivity contribution in [2.24, 2.45) is 0 Å². The van der Waals surface area contributed by atoms with Gasteiger partial charge < -0.3 is 4.74 Å². The van der Waals surface area contributed by atoms with E-state index in [9.17, 15) is 4.79 Å². The van der Waals surface area contributed by atoms with Crippen LogP contribution in [-0.4, -0.2) is 28.4 Å². The Balaban J connectivity index is 1.99. The monoisotopic (exact) mass is 307 g/mol. The lowest BCUT2D eigenvalue weighted by molar-refractivity contribution is 0.111. The molecule has 5 heteroatoms. The molecule has 5 nitrogen and oxygen atoms in total. The van der Waals surface area contributed by atoms with Crippen LogP contribution in [0, 0.1) is 6.92 Å². The highest BCUT2D eigenvalue weighted by atomic mass is 16.5. The number of aromatic nitrogens is 3. The van der Waals surface area contributed by atoms with Crippen molar-refractivity contribution >= 4 is 6.29 Å². The van der Waals surface area contributed by atoms with Crippen molar-refractivity contribution in [3.05, 3.63) is 65.4 Å². The SMILES string of the molecule is COc1ccc(-c2c(C=O)nnn2Cc2ccc(C)cc2)cc1. The molecule has 0 aliphatic carbocycles. The summed E-state index contributed by atoms with van der Waals surface area (Å²) in [6.45, 7) is 2.61. The first-order valence-corrected chi connectivity index (χ1v) is 7.30. The lowest BCUT2D eigenvalue weighted by Crippen LogP contribution is -2.04. The number of aryl methyl sites for hydroxylation is 1. The minimum absolute atomic E-state index is 0.335. The third kappa shape index (κ3) is 3.13. The summed E-state index contributed by atoms with van der Waals surface area (Å²) in [5, 5.41) is 8.11. The van der Waals surface area contributed by atoms with Gasteiger partial charge in [-0.05, 0) is 36.8 Å². The van der Waals surface area contributed by atoms with E-state index in [0.717, 1.165) is 23.2 Å². The predicted octanol–water partition coefficient (Wildman–Crippen LogP) is 3.12. The van der Waals surface area contributed by atoms with E-state index in [0.29, 0.717) is 17.9 Å². The summed E-state index contributed by atoms with van der Waals surface area (Å²) in [5.41, 5.74) is 4.24. The Bertz CT molecular complexity index is 805. The van der Waals surface area contributed by atoms with Crippen molar-refractivity contribution in [1.29, 1.82) is 0 Å². The Hall–Kier alpha value is -2.95. The van der Waals surface area contributed by atoms with Crippen LogP contribution in [0.2, 0.25) is 0 Å². The summed E-state index contributed by atoms with van der Waals surface area (Å²) < 4.78 is 6.92. The van der Waals surface area contributed by atoms with E-state index in [1.165, 1.54) is 5.56 Å². The van der Waals surface area contributed by atoms with Crippen molar-refractivity contribution in [2.45, 2.75) is 13.5 Å². The van der Waals surface area contributed by atoms with Crippen LogP contribution in [0.5, 0.6) is 5.75 Å². The molecular weight excluding hydrogens is 290 g/mol. The number of rotatable bonds is 5. The van der Waals surface area contributed by atoms with Gasteiger partial charge in [-0.25, -0.2) is 4.68 Å². The van der Waals surface area contributed by atoms with Gasteiger partial charge in [0.2, 0.25) is 0 Å². The van der Waals surface area contributed by atoms with Crippen molar-refractivity contribution in [3.63, 3.8) is 0 Å². The quantitative estimate of drug-likeness (QED) is 0.680. The molecule has 1 aromatic heterocycles. The first kappa shape index (κ1) is 15.0. The van der Waals surface area contributed by atoms with Crippen molar-refractivity contribution < 1.29 is 9.53 Å². The van der Waals surface area contributed by atoms with E-state index >= 15 is 0 Å². The molecule has 0 saturated heterocycles. The fourth-order valence-electron chi connectivity index (χ4n) is 2.43. The molecule has 3 rings (SSSR count). The molecule has 0 saturated carbocycles. The number of hydrogen-bond donors (Lipinski definition) is 0. The number of carbonyl (C=O) groups excluding carboxylic acids is 1. The van der Waals surface area contributed by atoms with Gasteiger partial charge in [-0.2, -0.15) is 0 Å². The average Bonchev–Trinajstić information content (AvgIpc) is 2.99. The Morgan fingerprint density at radius 1 is 1.09 bits per heavy atom. The molecular formula is C18H17N3O2. The smallest absolute Gasteiger partial charge is 0.172 e. The average molecular weight is 307 g/mol. The molecule has 2 aromatic carbocycles. The van der Waals surface area contributed by atoms with Gasteiger partial charge in [0, 0.05) is 5.56 Å². The molecule has 0 radical (unpaired) electrons. The maximum atomic E-state index is 11.3. The fraction of sp³-hybridized carbons (Fsp3) is 0.167. The minimum atomic E-state index is 0.335. The summed E-state index contributed by atoms with van der Waals surface area (Å²) in [6, 6.07) is 15.7. The van der Waals surface area contributed by atoms with E-state index in [-0.39, 0.29) is 0 Å². The highest BCUT2D eigenvalue weighted by Crippen LogP contribution is 2.24. The van der Waals surface area contributed by atoms with E-state index in [4.69, 9.17) is 4.74 Å². The van der Waals surface area contributed by atoms with Crippen molar-refractivity contribution in [2.75, 3.05) is 7.11 Å². The van der Waals surface area contributed by atoms with Crippen LogP contribution >= 0.6 is 0 Å². The number of nitrogens with zero attached hydrogens (tertiary/aromatic N) is 3. The van der Waals surface area contributed by atoms with Crippen LogP contribution in [0.15, 0.2) is 48.5 Å². The zero-order valence-corrected chi connectivity index (χ0v) is 13.1. The number of benzene rings is 2. The van der Waals surface area contributed by atoms with Gasteiger partial charge in [0.25, 0.3) is 0 Å². The third-order valence-electron chi connectivity index (χ3n) is 3.69. The molecule has 23 heavy (non-hydrogen) atoms. The molecule has 0 aliphatic rings. The third-order valence-corrected chi connectivity index (χ3v) is 3.69. The van der Waals surface area contributed by atoms with Gasteiger partial charge in [-0.1, -0.05) is 35.0 Å². The maximum Gasteiger partial charge on any atom is 0.172 e. The molecule has 0 unspecified atom stereocenters. The van der Waals surface area contributed by atoms with E-state index in [1.807, 2.05) is 31.2 Å². The van der Waals surface area contributed by atoms with Gasteiger partial charge in [0.05, 0.1) is 19.3 Å². The normalized spacial score (nSPS) is 10.5. The fourth-order valence-corrected chi connectivity index (χ4v) is 2.43. The summed E-state index contributed by atoms with van der Waals surface area (Å²) >= 11 is 0. The summed E-state index contributed by atoms with van der Waals surface area (Å²) in [4.78, 5) is 11.3. The second-order valence-corrected chi connectivity index (χ2v) is 5.31. The molecule has 0 amide bonds. The first-order valence-electron chi connectivity index (χ1n) is 7.30. The van der Waals surface area contributed by atoms with Crippen LogP contribution < -0.4 is 4.74 Å². The van der Waals surface area contributed by atoms with Crippen LogP contribution in [0.4, 0.5) is 0 Å². The second-order valence-electron chi connectivity index (χ2n) is 5.31. The number of ether oxygens (including phenoxy) is 1. The standard InChI is InChI=1S/C18H17N3O2/c1-13-3-5-14(6-4-13)11-21-18(17(12-22)19-20-21)15-7-9-16(23-2)10-8-15/h3-10,12H,11H2,1-2H3. The Kier molecular flexibility index (Phi) is 4.19. The van der Waals surface area contributed by atoms with E-state index in [1.54, 1.807) is 11.8 Å². The lowest BCUT2D eigenvalue weighted by atomic mass is 10.1. The number of aldehydes is 1. The van der Waals surface area contributed by atoms with Gasteiger partial charge >= 0.3 is 0 Å². The molecule has 3 aromatic rings. The highest BCUT2D eigenvalue weighted by Gasteiger charge is 2.15. The van der Waals surface area contributed by atoms with Crippen molar-refractivity contribution in [3.8, 4) is 17.0 Å². The van der Waals surface area contributed by atoms with E-state index < -0.39 is 0 Å². The summed E-state index contributed by atoms with van der Waals surface area (Å²) in [5.74, 6) is 0.763. The summed E-state index contributed by atoms with van der Waals surface area (Å²) in [7, 11) is 1.62. The number of hydrogen-bond acceptors (Lipinski definition) is 4. The van der Waals surface area contributed by atoms with Gasteiger partial charge in [0.1, 0.15) is 5.75 Å². The zero-order valence-electron chi connectivity index (χ0n) is 13.1. The van der Waals surface area contributed by atoms with Crippen LogP contribution in [0.25, 0.3) is 11.3 Å². The van der Waals surface area contributed by atoms with Crippen LogP contribution in [0.1, 0.15) is 21.6 Å². The maximum absolute atomic E-state index is 11.3. The molecule has 0 spiro atoms. The van der Waals surface area contributed by atoms with Gasteiger partial charge in [0.15, 0.2) is 12.0 Å². The first-order chi connectivity index (χ1) is 11.2. The Morgan fingerprint density at radius 3 is 2.39 bits per heavy atom. The van der Waals surface area contributed by atoms with Gasteiger partial charge in [-0.3, -0.25) is 4.79 Å². The van der Waals surface area contributed by atoms with E-state index in [2.05, 4.69) is 34.6 Å². The van der Waals surface area contributed by atoms with Crippen LogP contribution in [0.3, 0.4) is 0 Å². The summed E-state index contributed by atoms with van der Waals surface area (Å²) in [6.07, 6.45) is 0.734. The Morgan fingerprint density at radius 2 is 1.78 bits per heavy atom. The molecule has 0 N–H and O–H groups in total. The highest BCUT2D eigenvalue weighted by molar-refractivity contribution is 5.83. The largest absolute Gasteiger partial charge is 0.497 e. The molecule has 1 heterocycles. The molecule has 0 fully saturated rings. The predicted molar refractivity (Wildman–Crippen MR) is 87.7 cm³/mol. The number of carbonyl (C=O) groups is 1. The second kappa shape index (κ2) is 6.44. The molecule has 0 atom stereocenters. The zero-order chi connectivity index (χ0) is 16.2. The molecule has 0 bridgehead atoms.